The Hall–Kier alpha value is -4.29. The molecule has 3 aromatic heterocycles. The van der Waals surface area contributed by atoms with Crippen LogP contribution in [0, 0.1) is 18.3 Å². The standard InChI is InChI=1S/C32H33N7O2/c1-20-17-28-31(35-29(20)26-4-2-3-24-22(18-33)5-7-25(24)26)30(37-36-28)23-6-8-27(34-19-23)21-9-11-38(12-10-21)32(40)39-13-15-41-16-14-39/h2-4,6,8,17,19,21-22H,5,7,9-16H2,1H3,(H,36,37). The second-order valence-corrected chi connectivity index (χ2v) is 11.3. The molecule has 1 N–H and O–H groups in total. The van der Waals surface area contributed by atoms with Crippen LogP contribution in [-0.2, 0) is 11.2 Å². The molecular weight excluding hydrogens is 514 g/mol. The summed E-state index contributed by atoms with van der Waals surface area (Å²) in [4.78, 5) is 26.7. The predicted molar refractivity (Wildman–Crippen MR) is 155 cm³/mol. The Kier molecular flexibility index (Phi) is 6.63. The van der Waals surface area contributed by atoms with Crippen molar-refractivity contribution < 1.29 is 9.53 Å². The first-order chi connectivity index (χ1) is 20.1. The average Bonchev–Trinajstić information content (AvgIpc) is 3.65. The highest BCUT2D eigenvalue weighted by Gasteiger charge is 2.29. The molecule has 9 heteroatoms. The van der Waals surface area contributed by atoms with Gasteiger partial charge in [-0.2, -0.15) is 10.4 Å². The van der Waals surface area contributed by atoms with Crippen LogP contribution in [0.15, 0.2) is 42.6 Å². The number of urea groups is 1. The third kappa shape index (κ3) is 4.62. The third-order valence-corrected chi connectivity index (χ3v) is 8.93. The van der Waals surface area contributed by atoms with Gasteiger partial charge >= 0.3 is 6.03 Å². The molecule has 4 aromatic rings. The molecule has 1 atom stereocenters. The summed E-state index contributed by atoms with van der Waals surface area (Å²) < 4.78 is 5.39. The molecule has 3 aliphatic rings. The number of aromatic amines is 1. The fourth-order valence-electron chi connectivity index (χ4n) is 6.64. The molecular formula is C32H33N7O2. The minimum atomic E-state index is -0.0412. The van der Waals surface area contributed by atoms with E-state index in [4.69, 9.17) is 14.7 Å². The zero-order valence-corrected chi connectivity index (χ0v) is 23.3. The molecule has 2 saturated heterocycles. The summed E-state index contributed by atoms with van der Waals surface area (Å²) in [7, 11) is 0. The second kappa shape index (κ2) is 10.6. The molecule has 1 aromatic carbocycles. The van der Waals surface area contributed by atoms with Gasteiger partial charge in [0.15, 0.2) is 0 Å². The van der Waals surface area contributed by atoms with Gasteiger partial charge in [-0.1, -0.05) is 18.2 Å². The number of fused-ring (bicyclic) bond motifs is 2. The summed E-state index contributed by atoms with van der Waals surface area (Å²) in [6.07, 6.45) is 5.47. The summed E-state index contributed by atoms with van der Waals surface area (Å²) in [5.41, 5.74) is 9.98. The molecule has 5 heterocycles. The number of likely N-dealkylation sites (tertiary alicyclic amines) is 1. The zero-order chi connectivity index (χ0) is 27.9. The van der Waals surface area contributed by atoms with Crippen LogP contribution in [0.1, 0.15) is 53.5 Å². The zero-order valence-electron chi connectivity index (χ0n) is 23.3. The second-order valence-electron chi connectivity index (χ2n) is 11.3. The molecule has 41 heavy (non-hydrogen) atoms. The average molecular weight is 548 g/mol. The van der Waals surface area contributed by atoms with Crippen molar-refractivity contribution in [2.45, 2.75) is 44.4 Å². The lowest BCUT2D eigenvalue weighted by Crippen LogP contribution is -2.50. The predicted octanol–water partition coefficient (Wildman–Crippen LogP) is 5.18. The van der Waals surface area contributed by atoms with Crippen molar-refractivity contribution in [1.29, 1.82) is 5.26 Å². The van der Waals surface area contributed by atoms with Crippen molar-refractivity contribution in [2.24, 2.45) is 0 Å². The van der Waals surface area contributed by atoms with E-state index in [1.807, 2.05) is 22.1 Å². The van der Waals surface area contributed by atoms with E-state index in [9.17, 15) is 10.1 Å². The molecule has 208 valence electrons. The Balaban J connectivity index is 1.11. The summed E-state index contributed by atoms with van der Waals surface area (Å²) in [5.74, 6) is 0.291. The van der Waals surface area contributed by atoms with E-state index in [2.05, 4.69) is 53.5 Å². The van der Waals surface area contributed by atoms with Crippen LogP contribution in [0.2, 0.25) is 0 Å². The number of nitrogens with zero attached hydrogens (tertiary/aromatic N) is 6. The monoisotopic (exact) mass is 547 g/mol. The van der Waals surface area contributed by atoms with Crippen LogP contribution < -0.4 is 0 Å². The van der Waals surface area contributed by atoms with Crippen LogP contribution >= 0.6 is 0 Å². The van der Waals surface area contributed by atoms with Crippen LogP contribution in [0.25, 0.3) is 33.5 Å². The molecule has 1 aliphatic carbocycles. The number of nitrogens with one attached hydrogen (secondary N) is 1. The quantitative estimate of drug-likeness (QED) is 0.378. The first-order valence-corrected chi connectivity index (χ1v) is 14.6. The third-order valence-electron chi connectivity index (χ3n) is 8.93. The number of hydrogen-bond acceptors (Lipinski definition) is 6. The lowest BCUT2D eigenvalue weighted by Gasteiger charge is -2.37. The van der Waals surface area contributed by atoms with Gasteiger partial charge in [0.05, 0.1) is 36.4 Å². The maximum absolute atomic E-state index is 12.9. The summed E-state index contributed by atoms with van der Waals surface area (Å²) >= 11 is 0. The van der Waals surface area contributed by atoms with Crippen LogP contribution in [0.3, 0.4) is 0 Å². The smallest absolute Gasteiger partial charge is 0.320 e. The summed E-state index contributed by atoms with van der Waals surface area (Å²) in [5, 5.41) is 17.4. The van der Waals surface area contributed by atoms with Gasteiger partial charge in [0.25, 0.3) is 0 Å². The first kappa shape index (κ1) is 25.7. The van der Waals surface area contributed by atoms with E-state index < -0.39 is 0 Å². The SMILES string of the molecule is Cc1cc2[nH]nc(-c3ccc(C4CCN(C(=O)N5CCOCC5)CC4)nc3)c2nc1-c1cccc2c1CCC2C#N. The first-order valence-electron chi connectivity index (χ1n) is 14.6. The maximum Gasteiger partial charge on any atom is 0.320 e. The van der Waals surface area contributed by atoms with Crippen molar-refractivity contribution in [1.82, 2.24) is 30.0 Å². The minimum Gasteiger partial charge on any atom is -0.378 e. The van der Waals surface area contributed by atoms with Gasteiger partial charge in [0.2, 0.25) is 0 Å². The molecule has 2 fully saturated rings. The van der Waals surface area contributed by atoms with E-state index in [0.717, 1.165) is 89.1 Å². The number of nitriles is 1. The number of morpholine rings is 1. The van der Waals surface area contributed by atoms with E-state index in [1.54, 1.807) is 0 Å². The number of carbonyl (C=O) groups excluding carboxylic acids is 1. The van der Waals surface area contributed by atoms with Crippen molar-refractivity contribution >= 4 is 17.1 Å². The molecule has 0 saturated carbocycles. The Labute approximate surface area is 239 Å². The molecule has 1 unspecified atom stereocenters. The Morgan fingerprint density at radius 1 is 1.05 bits per heavy atom. The van der Waals surface area contributed by atoms with Gasteiger partial charge in [-0.05, 0) is 67.5 Å². The van der Waals surface area contributed by atoms with E-state index >= 15 is 0 Å². The van der Waals surface area contributed by atoms with Crippen LogP contribution in [-0.4, -0.2) is 75.4 Å². The van der Waals surface area contributed by atoms with Gasteiger partial charge < -0.3 is 14.5 Å². The normalized spacial score (nSPS) is 19.4. The van der Waals surface area contributed by atoms with Crippen LogP contribution in [0.5, 0.6) is 0 Å². The topological polar surface area (TPSA) is 111 Å². The Morgan fingerprint density at radius 3 is 2.61 bits per heavy atom. The van der Waals surface area contributed by atoms with Gasteiger partial charge in [-0.25, -0.2) is 9.78 Å². The number of piperidine rings is 1. The lowest BCUT2D eigenvalue weighted by atomic mass is 9.92. The molecule has 7 rings (SSSR count). The Bertz CT molecular complexity index is 1640. The number of amides is 2. The van der Waals surface area contributed by atoms with Crippen molar-refractivity contribution in [3.63, 3.8) is 0 Å². The highest BCUT2D eigenvalue weighted by Crippen LogP contribution is 2.40. The molecule has 0 spiro atoms. The largest absolute Gasteiger partial charge is 0.378 e. The number of aryl methyl sites for hydroxylation is 1. The van der Waals surface area contributed by atoms with E-state index in [1.165, 1.54) is 5.56 Å². The van der Waals surface area contributed by atoms with Gasteiger partial charge in [-0.15, -0.1) is 0 Å². The Morgan fingerprint density at radius 2 is 1.85 bits per heavy atom. The number of aromatic nitrogens is 4. The number of H-pyrrole nitrogens is 1. The number of pyridine rings is 2. The fraction of sp³-hybridized carbons (Fsp3) is 0.406. The number of ether oxygens (including phenoxy) is 1. The van der Waals surface area contributed by atoms with Crippen LogP contribution in [0.4, 0.5) is 4.79 Å². The van der Waals surface area contributed by atoms with Gasteiger partial charge in [0.1, 0.15) is 11.2 Å². The highest BCUT2D eigenvalue weighted by molar-refractivity contribution is 5.92. The number of rotatable bonds is 3. The number of carbonyl (C=O) groups is 1. The van der Waals surface area contributed by atoms with E-state index in [-0.39, 0.29) is 11.9 Å². The highest BCUT2D eigenvalue weighted by atomic mass is 16.5. The van der Waals surface area contributed by atoms with Crippen molar-refractivity contribution in [3.8, 4) is 28.6 Å². The van der Waals surface area contributed by atoms with E-state index in [0.29, 0.717) is 32.2 Å². The molecule has 9 nitrogen and oxygen atoms in total. The number of benzene rings is 1. The van der Waals surface area contributed by atoms with Gasteiger partial charge in [0, 0.05) is 55.1 Å². The summed E-state index contributed by atoms with van der Waals surface area (Å²) in [6.45, 7) is 6.17. The van der Waals surface area contributed by atoms with Crippen molar-refractivity contribution in [3.05, 3.63) is 65.0 Å². The maximum atomic E-state index is 12.9. The number of hydrogen-bond donors (Lipinski definition) is 1. The lowest BCUT2D eigenvalue weighted by molar-refractivity contribution is 0.0411. The molecule has 2 aliphatic heterocycles. The van der Waals surface area contributed by atoms with Crippen molar-refractivity contribution in [2.75, 3.05) is 39.4 Å². The minimum absolute atomic E-state index is 0.0412. The molecule has 0 bridgehead atoms. The summed E-state index contributed by atoms with van der Waals surface area (Å²) in [6, 6.07) is 15.1. The molecule has 0 radical (unpaired) electrons. The van der Waals surface area contributed by atoms with Gasteiger partial charge in [-0.3, -0.25) is 10.1 Å². The molecule has 2 amide bonds. The fourth-order valence-corrected chi connectivity index (χ4v) is 6.64.